The van der Waals surface area contributed by atoms with Crippen molar-refractivity contribution in [1.29, 1.82) is 0 Å². The number of aromatic amines is 1. The molecular weight excluding hydrogens is 266 g/mol. The molecule has 1 saturated heterocycles. The second-order valence-corrected chi connectivity index (χ2v) is 6.37. The molecule has 5 heteroatoms. The zero-order chi connectivity index (χ0) is 14.7. The first-order valence-electron chi connectivity index (χ1n) is 7.56. The van der Waals surface area contributed by atoms with Crippen LogP contribution in [0, 0.1) is 12.8 Å². The van der Waals surface area contributed by atoms with Gasteiger partial charge >= 0.3 is 0 Å². The molecule has 1 saturated carbocycles. The predicted octanol–water partition coefficient (Wildman–Crippen LogP) is 1.80. The van der Waals surface area contributed by atoms with E-state index >= 15 is 0 Å². The number of rotatable bonds is 2. The lowest BCUT2D eigenvalue weighted by atomic mass is 9.96. The van der Waals surface area contributed by atoms with E-state index in [4.69, 9.17) is 0 Å². The minimum absolute atomic E-state index is 0.00657. The van der Waals surface area contributed by atoms with E-state index in [-0.39, 0.29) is 11.5 Å². The normalized spacial score (nSPS) is 21.6. The van der Waals surface area contributed by atoms with Crippen molar-refractivity contribution in [3.63, 3.8) is 0 Å². The first-order valence-corrected chi connectivity index (χ1v) is 7.56. The summed E-state index contributed by atoms with van der Waals surface area (Å²) in [5, 5.41) is 0.531. The first-order chi connectivity index (χ1) is 10.1. The van der Waals surface area contributed by atoms with Gasteiger partial charge in [-0.05, 0) is 37.7 Å². The van der Waals surface area contributed by atoms with Gasteiger partial charge in [0.05, 0.1) is 16.5 Å². The fourth-order valence-corrected chi connectivity index (χ4v) is 3.50. The minimum Gasteiger partial charge on any atom is -0.360 e. The molecule has 2 aliphatic rings. The van der Waals surface area contributed by atoms with Crippen LogP contribution >= 0.6 is 0 Å². The Hall–Kier alpha value is -2.04. The molecule has 0 spiro atoms. The summed E-state index contributed by atoms with van der Waals surface area (Å²) < 4.78 is 1.55. The van der Waals surface area contributed by atoms with Crippen LogP contribution < -0.4 is 5.56 Å². The lowest BCUT2D eigenvalue weighted by Gasteiger charge is -2.41. The van der Waals surface area contributed by atoms with Crippen LogP contribution in [0.4, 0.5) is 0 Å². The summed E-state index contributed by atoms with van der Waals surface area (Å²) in [6, 6.07) is 0.399. The van der Waals surface area contributed by atoms with Gasteiger partial charge in [0.2, 0.25) is 0 Å². The van der Waals surface area contributed by atoms with Crippen LogP contribution in [0.15, 0.2) is 17.2 Å². The number of likely N-dealkylation sites (tertiary alicyclic amines) is 1. The molecule has 4 rings (SSSR count). The van der Waals surface area contributed by atoms with E-state index in [1.54, 1.807) is 24.0 Å². The Kier molecular flexibility index (Phi) is 2.55. The van der Waals surface area contributed by atoms with Gasteiger partial charge in [0, 0.05) is 32.0 Å². The highest BCUT2D eigenvalue weighted by atomic mass is 16.2. The number of aryl methyl sites for hydroxylation is 2. The SMILES string of the molecule is Cc1cn(C)c(=O)c2c(C(=O)N3CCC3C3CC3)c[nH]c12. The summed E-state index contributed by atoms with van der Waals surface area (Å²) in [6.45, 7) is 2.77. The molecule has 2 aromatic rings. The first kappa shape index (κ1) is 12.7. The lowest BCUT2D eigenvalue weighted by molar-refractivity contribution is 0.0414. The highest BCUT2D eigenvalue weighted by Crippen LogP contribution is 2.41. The average molecular weight is 285 g/mol. The number of amides is 1. The Morgan fingerprint density at radius 1 is 1.33 bits per heavy atom. The van der Waals surface area contributed by atoms with Crippen molar-refractivity contribution >= 4 is 16.8 Å². The van der Waals surface area contributed by atoms with Crippen molar-refractivity contribution < 1.29 is 4.79 Å². The number of nitrogens with zero attached hydrogens (tertiary/aromatic N) is 2. The number of pyridine rings is 1. The van der Waals surface area contributed by atoms with E-state index < -0.39 is 0 Å². The monoisotopic (exact) mass is 285 g/mol. The number of aromatic nitrogens is 2. The van der Waals surface area contributed by atoms with Gasteiger partial charge in [-0.2, -0.15) is 0 Å². The Labute approximate surface area is 122 Å². The fraction of sp³-hybridized carbons (Fsp3) is 0.500. The smallest absolute Gasteiger partial charge is 0.260 e. The summed E-state index contributed by atoms with van der Waals surface area (Å²) >= 11 is 0. The van der Waals surface area contributed by atoms with Gasteiger partial charge < -0.3 is 14.5 Å². The Morgan fingerprint density at radius 3 is 2.71 bits per heavy atom. The summed E-state index contributed by atoms with van der Waals surface area (Å²) in [4.78, 5) is 30.2. The lowest BCUT2D eigenvalue weighted by Crippen LogP contribution is -2.52. The standard InChI is InChI=1S/C16H19N3O2/c1-9-8-18(2)16(21)13-11(7-17-14(9)13)15(20)19-6-5-12(19)10-3-4-10/h7-8,10,12,17H,3-6H2,1-2H3. The molecule has 1 N–H and O–H groups in total. The van der Waals surface area contributed by atoms with Gasteiger partial charge in [-0.25, -0.2) is 0 Å². The number of carbonyl (C=O) groups is 1. The average Bonchev–Trinajstić information content (AvgIpc) is 3.10. The molecule has 0 radical (unpaired) electrons. The molecule has 1 atom stereocenters. The molecule has 110 valence electrons. The number of hydrogen-bond donors (Lipinski definition) is 1. The third kappa shape index (κ3) is 1.76. The molecule has 1 aliphatic carbocycles. The number of hydrogen-bond acceptors (Lipinski definition) is 2. The second kappa shape index (κ2) is 4.23. The van der Waals surface area contributed by atoms with Gasteiger partial charge in [-0.15, -0.1) is 0 Å². The van der Waals surface area contributed by atoms with Crippen LogP contribution in [0.2, 0.25) is 0 Å². The van der Waals surface area contributed by atoms with E-state index in [0.717, 1.165) is 24.0 Å². The van der Waals surface area contributed by atoms with Gasteiger partial charge in [0.15, 0.2) is 0 Å². The van der Waals surface area contributed by atoms with Gasteiger partial charge in [0.1, 0.15) is 0 Å². The van der Waals surface area contributed by atoms with Crippen LogP contribution in [0.3, 0.4) is 0 Å². The third-order valence-electron chi connectivity index (χ3n) is 4.92. The summed E-state index contributed by atoms with van der Waals surface area (Å²) in [5.41, 5.74) is 2.18. The molecule has 5 nitrogen and oxygen atoms in total. The molecule has 1 amide bonds. The van der Waals surface area contributed by atoms with Crippen LogP contribution in [0.25, 0.3) is 10.9 Å². The fourth-order valence-electron chi connectivity index (χ4n) is 3.50. The summed E-state index contributed by atoms with van der Waals surface area (Å²) in [6.07, 6.45) is 7.08. The number of fused-ring (bicyclic) bond motifs is 1. The Balaban J connectivity index is 1.80. The molecule has 3 heterocycles. The Bertz CT molecular complexity index is 798. The quantitative estimate of drug-likeness (QED) is 0.914. The van der Waals surface area contributed by atoms with Crippen LogP contribution in [0.5, 0.6) is 0 Å². The number of H-pyrrole nitrogens is 1. The maximum Gasteiger partial charge on any atom is 0.260 e. The predicted molar refractivity (Wildman–Crippen MR) is 80.4 cm³/mol. The molecule has 0 bridgehead atoms. The summed E-state index contributed by atoms with van der Waals surface area (Å²) in [7, 11) is 1.73. The van der Waals surface area contributed by atoms with Crippen molar-refractivity contribution in [2.75, 3.05) is 6.54 Å². The highest BCUT2D eigenvalue weighted by Gasteiger charge is 2.43. The van der Waals surface area contributed by atoms with Crippen LogP contribution in [-0.4, -0.2) is 32.9 Å². The molecule has 2 aromatic heterocycles. The van der Waals surface area contributed by atoms with Crippen molar-refractivity contribution in [3.8, 4) is 0 Å². The minimum atomic E-state index is -0.108. The van der Waals surface area contributed by atoms with E-state index in [1.807, 2.05) is 11.8 Å². The van der Waals surface area contributed by atoms with Gasteiger partial charge in [0.25, 0.3) is 11.5 Å². The molecule has 1 unspecified atom stereocenters. The topological polar surface area (TPSA) is 58.1 Å². The Morgan fingerprint density at radius 2 is 2.10 bits per heavy atom. The molecule has 2 fully saturated rings. The second-order valence-electron chi connectivity index (χ2n) is 6.37. The van der Waals surface area contributed by atoms with E-state index in [9.17, 15) is 9.59 Å². The van der Waals surface area contributed by atoms with Gasteiger partial charge in [-0.1, -0.05) is 0 Å². The number of carbonyl (C=O) groups excluding carboxylic acids is 1. The maximum atomic E-state index is 12.8. The van der Waals surface area contributed by atoms with Crippen molar-refractivity contribution in [2.24, 2.45) is 13.0 Å². The van der Waals surface area contributed by atoms with E-state index in [2.05, 4.69) is 4.98 Å². The van der Waals surface area contributed by atoms with E-state index in [1.165, 1.54) is 12.8 Å². The molecular formula is C16H19N3O2. The highest BCUT2D eigenvalue weighted by molar-refractivity contribution is 6.07. The molecule has 0 aromatic carbocycles. The van der Waals surface area contributed by atoms with E-state index in [0.29, 0.717) is 22.9 Å². The maximum absolute atomic E-state index is 12.8. The summed E-state index contributed by atoms with van der Waals surface area (Å²) in [5.74, 6) is 0.699. The zero-order valence-corrected chi connectivity index (χ0v) is 12.3. The van der Waals surface area contributed by atoms with Crippen molar-refractivity contribution in [1.82, 2.24) is 14.5 Å². The van der Waals surface area contributed by atoms with Crippen molar-refractivity contribution in [3.05, 3.63) is 33.9 Å². The van der Waals surface area contributed by atoms with Gasteiger partial charge in [-0.3, -0.25) is 9.59 Å². The number of nitrogens with one attached hydrogen (secondary N) is 1. The van der Waals surface area contributed by atoms with Crippen LogP contribution in [0.1, 0.15) is 35.2 Å². The third-order valence-corrected chi connectivity index (χ3v) is 4.92. The molecule has 21 heavy (non-hydrogen) atoms. The zero-order valence-electron chi connectivity index (χ0n) is 12.3. The van der Waals surface area contributed by atoms with Crippen molar-refractivity contribution in [2.45, 2.75) is 32.2 Å². The molecule has 1 aliphatic heterocycles. The largest absolute Gasteiger partial charge is 0.360 e. The van der Waals surface area contributed by atoms with Crippen LogP contribution in [-0.2, 0) is 7.05 Å².